The van der Waals surface area contributed by atoms with Crippen LogP contribution in [0.5, 0.6) is 0 Å². The fourth-order valence-corrected chi connectivity index (χ4v) is 3.03. The first-order valence-electron chi connectivity index (χ1n) is 6.70. The van der Waals surface area contributed by atoms with Gasteiger partial charge in [-0.1, -0.05) is 29.8 Å². The van der Waals surface area contributed by atoms with Gasteiger partial charge in [0.25, 0.3) is 0 Å². The van der Waals surface area contributed by atoms with Gasteiger partial charge in [-0.05, 0) is 47.0 Å². The number of amidine groups is 1. The van der Waals surface area contributed by atoms with Crippen molar-refractivity contribution in [2.75, 3.05) is 0 Å². The Balaban J connectivity index is 2.14. The van der Waals surface area contributed by atoms with E-state index < -0.39 is 0 Å². The predicted molar refractivity (Wildman–Crippen MR) is 94.2 cm³/mol. The summed E-state index contributed by atoms with van der Waals surface area (Å²) in [5.41, 5.74) is 10.6. The van der Waals surface area contributed by atoms with Crippen LogP contribution in [0.3, 0.4) is 0 Å². The first kappa shape index (κ1) is 15.1. The monoisotopic (exact) mass is 376 g/mol. The molecule has 0 aliphatic carbocycles. The molecule has 0 unspecified atom stereocenters. The molecule has 0 radical (unpaired) electrons. The number of halogens is 2. The number of nitrogens with zero attached hydrogens (tertiary/aromatic N) is 3. The van der Waals surface area contributed by atoms with E-state index in [-0.39, 0.29) is 0 Å². The number of hydrogen-bond donors (Lipinski definition) is 1. The molecule has 0 aliphatic rings. The van der Waals surface area contributed by atoms with Crippen molar-refractivity contribution in [1.29, 1.82) is 0 Å². The lowest BCUT2D eigenvalue weighted by molar-refractivity contribution is 0.937. The molecular weight excluding hydrogens is 364 g/mol. The average molecular weight is 378 g/mol. The summed E-state index contributed by atoms with van der Waals surface area (Å²) in [6, 6.07) is 7.91. The van der Waals surface area contributed by atoms with Crippen LogP contribution in [-0.2, 0) is 0 Å². The molecule has 3 rings (SSSR count). The maximum absolute atomic E-state index is 6.45. The zero-order chi connectivity index (χ0) is 15.9. The summed E-state index contributed by atoms with van der Waals surface area (Å²) in [5.74, 6) is 0.356. The molecule has 0 bridgehead atoms. The van der Waals surface area contributed by atoms with E-state index in [0.29, 0.717) is 16.4 Å². The topological polar surface area (TPSA) is 55.7 Å². The molecular formula is C16H14BrClN4. The highest BCUT2D eigenvalue weighted by atomic mass is 79.9. The van der Waals surface area contributed by atoms with Gasteiger partial charge in [0.05, 0.1) is 28.0 Å². The molecule has 0 saturated heterocycles. The van der Waals surface area contributed by atoms with Gasteiger partial charge in [-0.2, -0.15) is 5.10 Å². The Kier molecular flexibility index (Phi) is 3.93. The van der Waals surface area contributed by atoms with Gasteiger partial charge in [-0.25, -0.2) is 9.51 Å². The third-order valence-corrected chi connectivity index (χ3v) is 4.32. The predicted octanol–water partition coefficient (Wildman–Crippen LogP) is 4.40. The lowest BCUT2D eigenvalue weighted by atomic mass is 10.1. The molecule has 3 aromatic rings. The molecule has 2 aromatic heterocycles. The van der Waals surface area contributed by atoms with Crippen LogP contribution in [0.2, 0.25) is 5.02 Å². The van der Waals surface area contributed by atoms with Gasteiger partial charge < -0.3 is 5.73 Å². The van der Waals surface area contributed by atoms with E-state index >= 15 is 0 Å². The van der Waals surface area contributed by atoms with E-state index in [0.717, 1.165) is 26.8 Å². The molecule has 0 saturated carbocycles. The largest absolute Gasteiger partial charge is 0.383 e. The fourth-order valence-electron chi connectivity index (χ4n) is 2.34. The number of rotatable bonds is 2. The van der Waals surface area contributed by atoms with Crippen LogP contribution in [0.15, 0.2) is 46.1 Å². The Bertz CT molecular complexity index is 878. The Morgan fingerprint density at radius 3 is 2.68 bits per heavy atom. The van der Waals surface area contributed by atoms with Gasteiger partial charge >= 0.3 is 0 Å². The molecule has 0 fully saturated rings. The van der Waals surface area contributed by atoms with Gasteiger partial charge in [0.15, 0.2) is 0 Å². The minimum atomic E-state index is 0.356. The van der Waals surface area contributed by atoms with Crippen LogP contribution in [0.4, 0.5) is 5.69 Å². The number of aliphatic imine (C=N–C) groups is 1. The van der Waals surface area contributed by atoms with Crippen molar-refractivity contribution in [3.63, 3.8) is 0 Å². The summed E-state index contributed by atoms with van der Waals surface area (Å²) >= 11 is 9.87. The summed E-state index contributed by atoms with van der Waals surface area (Å²) in [6.07, 6.45) is 3.47. The smallest absolute Gasteiger partial charge is 0.134 e. The van der Waals surface area contributed by atoms with Gasteiger partial charge in [0.2, 0.25) is 0 Å². The number of hydrogen-bond acceptors (Lipinski definition) is 2. The van der Waals surface area contributed by atoms with E-state index in [9.17, 15) is 0 Å². The van der Waals surface area contributed by atoms with Crippen LogP contribution < -0.4 is 5.73 Å². The molecule has 4 nitrogen and oxygen atoms in total. The highest BCUT2D eigenvalue weighted by Crippen LogP contribution is 2.27. The molecule has 0 amide bonds. The number of nitrogens with two attached hydrogens (primary N) is 1. The quantitative estimate of drug-likeness (QED) is 0.531. The summed E-state index contributed by atoms with van der Waals surface area (Å²) < 4.78 is 2.60. The van der Waals surface area contributed by atoms with Crippen LogP contribution in [0.1, 0.15) is 16.7 Å². The maximum Gasteiger partial charge on any atom is 0.134 e. The zero-order valence-electron chi connectivity index (χ0n) is 12.1. The molecule has 112 valence electrons. The molecule has 0 aliphatic heterocycles. The van der Waals surface area contributed by atoms with Crippen LogP contribution in [0.25, 0.3) is 5.52 Å². The van der Waals surface area contributed by atoms with Crippen molar-refractivity contribution in [1.82, 2.24) is 9.61 Å². The minimum absolute atomic E-state index is 0.356. The number of para-hydroxylation sites is 1. The number of aromatic nitrogens is 2. The Labute approximate surface area is 141 Å². The van der Waals surface area contributed by atoms with Crippen molar-refractivity contribution >= 4 is 44.6 Å². The van der Waals surface area contributed by atoms with Gasteiger partial charge in [0.1, 0.15) is 5.84 Å². The molecule has 22 heavy (non-hydrogen) atoms. The minimum Gasteiger partial charge on any atom is -0.383 e. The summed E-state index contributed by atoms with van der Waals surface area (Å²) in [6.45, 7) is 4.01. The second-order valence-electron chi connectivity index (χ2n) is 5.10. The normalized spacial score (nSPS) is 12.1. The maximum atomic E-state index is 6.45. The molecule has 0 spiro atoms. The summed E-state index contributed by atoms with van der Waals surface area (Å²) in [4.78, 5) is 4.55. The number of aryl methyl sites for hydroxylation is 2. The fraction of sp³-hybridized carbons (Fsp3) is 0.125. The van der Waals surface area contributed by atoms with Crippen molar-refractivity contribution in [3.05, 3.63) is 62.8 Å². The Morgan fingerprint density at radius 1 is 1.32 bits per heavy atom. The van der Waals surface area contributed by atoms with Crippen LogP contribution in [-0.4, -0.2) is 15.4 Å². The van der Waals surface area contributed by atoms with Gasteiger partial charge in [0, 0.05) is 10.7 Å². The van der Waals surface area contributed by atoms with Crippen LogP contribution in [0, 0.1) is 13.8 Å². The highest BCUT2D eigenvalue weighted by Gasteiger charge is 2.12. The molecule has 2 heterocycles. The molecule has 1 aromatic carbocycles. The van der Waals surface area contributed by atoms with Crippen molar-refractivity contribution < 1.29 is 0 Å². The van der Waals surface area contributed by atoms with E-state index in [1.54, 1.807) is 10.7 Å². The highest BCUT2D eigenvalue weighted by molar-refractivity contribution is 9.10. The third-order valence-electron chi connectivity index (χ3n) is 3.49. The van der Waals surface area contributed by atoms with Crippen molar-refractivity contribution in [2.24, 2.45) is 10.7 Å². The van der Waals surface area contributed by atoms with Crippen molar-refractivity contribution in [2.45, 2.75) is 13.8 Å². The van der Waals surface area contributed by atoms with E-state index in [2.05, 4.69) is 26.0 Å². The van der Waals surface area contributed by atoms with Crippen LogP contribution >= 0.6 is 27.5 Å². The first-order chi connectivity index (χ1) is 10.5. The molecule has 2 N–H and O–H groups in total. The second-order valence-corrected chi connectivity index (χ2v) is 6.39. The summed E-state index contributed by atoms with van der Waals surface area (Å²) in [5, 5.41) is 4.85. The molecule has 0 atom stereocenters. The van der Waals surface area contributed by atoms with Gasteiger partial charge in [-0.15, -0.1) is 0 Å². The summed E-state index contributed by atoms with van der Waals surface area (Å²) in [7, 11) is 0. The van der Waals surface area contributed by atoms with Crippen molar-refractivity contribution in [3.8, 4) is 0 Å². The Morgan fingerprint density at radius 2 is 2.00 bits per heavy atom. The number of benzene rings is 1. The van der Waals surface area contributed by atoms with E-state index in [1.165, 1.54) is 0 Å². The first-order valence-corrected chi connectivity index (χ1v) is 7.87. The second kappa shape index (κ2) is 5.74. The molecule has 6 heteroatoms. The lowest BCUT2D eigenvalue weighted by Gasteiger charge is -2.08. The Hall–Kier alpha value is -1.85. The van der Waals surface area contributed by atoms with Gasteiger partial charge in [-0.3, -0.25) is 0 Å². The standard InChI is InChI=1S/C16H14BrClN4/c1-9-4-3-5-10(2)15(9)21-16(19)12-7-20-22-8-11(17)6-13(22)14(12)18/h3-8H,1-2H3,(H2,19,21). The third kappa shape index (κ3) is 2.62. The number of fused-ring (bicyclic) bond motifs is 1. The average Bonchev–Trinajstić information content (AvgIpc) is 2.85. The van der Waals surface area contributed by atoms with E-state index in [1.807, 2.05) is 44.3 Å². The van der Waals surface area contributed by atoms with E-state index in [4.69, 9.17) is 17.3 Å². The SMILES string of the molecule is Cc1cccc(C)c1/N=C(\N)c1cnn2cc(Br)cc2c1Cl. The zero-order valence-corrected chi connectivity index (χ0v) is 14.5. The lowest BCUT2D eigenvalue weighted by Crippen LogP contribution is -2.15.